The minimum absolute atomic E-state index is 0.192. The molecule has 2 unspecified atom stereocenters. The van der Waals surface area contributed by atoms with E-state index in [4.69, 9.17) is 4.74 Å². The van der Waals surface area contributed by atoms with Crippen molar-refractivity contribution in [3.05, 3.63) is 0 Å². The lowest BCUT2D eigenvalue weighted by atomic mass is 9.73. The standard InChI is InChI=1S/C12H20N2O/c1-11-4-2-3-5-12(11,10-13)14-6-8-15-9-7-14/h11H,2-9H2,1H3. The summed E-state index contributed by atoms with van der Waals surface area (Å²) in [7, 11) is 0. The molecule has 0 spiro atoms. The molecular weight excluding hydrogens is 188 g/mol. The molecule has 3 heteroatoms. The maximum Gasteiger partial charge on any atom is 0.111 e. The van der Waals surface area contributed by atoms with Gasteiger partial charge in [-0.25, -0.2) is 0 Å². The monoisotopic (exact) mass is 208 g/mol. The molecule has 0 bridgehead atoms. The van der Waals surface area contributed by atoms with Crippen LogP contribution in [-0.2, 0) is 4.74 Å². The van der Waals surface area contributed by atoms with Gasteiger partial charge in [0.2, 0.25) is 0 Å². The van der Waals surface area contributed by atoms with Crippen molar-refractivity contribution in [1.82, 2.24) is 4.90 Å². The van der Waals surface area contributed by atoms with Crippen molar-refractivity contribution in [2.45, 2.75) is 38.1 Å². The molecule has 0 amide bonds. The molecule has 3 nitrogen and oxygen atoms in total. The number of nitriles is 1. The predicted octanol–water partition coefficient (Wildman–Crippen LogP) is 1.79. The van der Waals surface area contributed by atoms with Crippen molar-refractivity contribution in [2.75, 3.05) is 26.3 Å². The Hall–Kier alpha value is -0.590. The van der Waals surface area contributed by atoms with Crippen LogP contribution in [0.15, 0.2) is 0 Å². The predicted molar refractivity (Wildman–Crippen MR) is 58.4 cm³/mol. The van der Waals surface area contributed by atoms with Gasteiger partial charge in [0.1, 0.15) is 5.54 Å². The molecule has 0 aromatic heterocycles. The van der Waals surface area contributed by atoms with Gasteiger partial charge in [-0.3, -0.25) is 4.90 Å². The molecule has 15 heavy (non-hydrogen) atoms. The zero-order chi connectivity index (χ0) is 10.7. The second-order valence-electron chi connectivity index (χ2n) is 4.78. The molecule has 2 rings (SSSR count). The molecule has 0 N–H and O–H groups in total. The highest BCUT2D eigenvalue weighted by Crippen LogP contribution is 2.38. The Morgan fingerprint density at radius 3 is 2.67 bits per heavy atom. The van der Waals surface area contributed by atoms with Crippen LogP contribution in [-0.4, -0.2) is 36.7 Å². The van der Waals surface area contributed by atoms with Gasteiger partial charge in [-0.05, 0) is 18.8 Å². The highest BCUT2D eigenvalue weighted by molar-refractivity contribution is 5.13. The van der Waals surface area contributed by atoms with Gasteiger partial charge >= 0.3 is 0 Å². The molecular formula is C12H20N2O. The molecule has 2 aliphatic rings. The Morgan fingerprint density at radius 2 is 2.07 bits per heavy atom. The summed E-state index contributed by atoms with van der Waals surface area (Å²) >= 11 is 0. The summed E-state index contributed by atoms with van der Waals surface area (Å²) in [5.74, 6) is 0.509. The Labute approximate surface area is 92.0 Å². The van der Waals surface area contributed by atoms with Gasteiger partial charge in [0.25, 0.3) is 0 Å². The van der Waals surface area contributed by atoms with E-state index in [1.54, 1.807) is 0 Å². The largest absolute Gasteiger partial charge is 0.379 e. The van der Waals surface area contributed by atoms with Gasteiger partial charge in [0, 0.05) is 13.1 Å². The van der Waals surface area contributed by atoms with E-state index >= 15 is 0 Å². The molecule has 0 radical (unpaired) electrons. The highest BCUT2D eigenvalue weighted by atomic mass is 16.5. The van der Waals surface area contributed by atoms with Crippen LogP contribution in [0.2, 0.25) is 0 Å². The summed E-state index contributed by atoms with van der Waals surface area (Å²) in [4.78, 5) is 2.36. The van der Waals surface area contributed by atoms with Crippen molar-refractivity contribution in [2.24, 2.45) is 5.92 Å². The third-order valence-electron chi connectivity index (χ3n) is 4.03. The molecule has 1 aliphatic heterocycles. The molecule has 1 saturated carbocycles. The fourth-order valence-corrected chi connectivity index (χ4v) is 3.00. The topological polar surface area (TPSA) is 36.3 Å². The van der Waals surface area contributed by atoms with E-state index in [0.717, 1.165) is 32.7 Å². The fraction of sp³-hybridized carbons (Fsp3) is 0.917. The van der Waals surface area contributed by atoms with Crippen molar-refractivity contribution in [3.8, 4) is 6.07 Å². The van der Waals surface area contributed by atoms with Crippen LogP contribution >= 0.6 is 0 Å². The summed E-state index contributed by atoms with van der Waals surface area (Å²) in [5, 5.41) is 9.53. The lowest BCUT2D eigenvalue weighted by Crippen LogP contribution is -2.57. The SMILES string of the molecule is CC1CCCCC1(C#N)N1CCOCC1. The quantitative estimate of drug-likeness (QED) is 0.659. The smallest absolute Gasteiger partial charge is 0.111 e. The highest BCUT2D eigenvalue weighted by Gasteiger charge is 2.43. The molecule has 1 saturated heterocycles. The Bertz CT molecular complexity index is 255. The van der Waals surface area contributed by atoms with Crippen LogP contribution in [0.4, 0.5) is 0 Å². The van der Waals surface area contributed by atoms with E-state index < -0.39 is 0 Å². The van der Waals surface area contributed by atoms with Gasteiger partial charge in [-0.15, -0.1) is 0 Å². The summed E-state index contributed by atoms with van der Waals surface area (Å²) in [6, 6.07) is 2.61. The van der Waals surface area contributed by atoms with Crippen LogP contribution in [0.5, 0.6) is 0 Å². The molecule has 1 aliphatic carbocycles. The van der Waals surface area contributed by atoms with E-state index in [2.05, 4.69) is 17.9 Å². The van der Waals surface area contributed by atoms with Gasteiger partial charge in [0.05, 0.1) is 19.3 Å². The summed E-state index contributed by atoms with van der Waals surface area (Å²) in [6.45, 7) is 5.67. The van der Waals surface area contributed by atoms with Crippen molar-refractivity contribution < 1.29 is 4.74 Å². The van der Waals surface area contributed by atoms with Crippen LogP contribution in [0.1, 0.15) is 32.6 Å². The van der Waals surface area contributed by atoms with Crippen LogP contribution in [0.25, 0.3) is 0 Å². The summed E-state index contributed by atoms with van der Waals surface area (Å²) in [5.41, 5.74) is -0.192. The number of rotatable bonds is 1. The first kappa shape index (κ1) is 10.9. The summed E-state index contributed by atoms with van der Waals surface area (Å²) in [6.07, 6.45) is 4.74. The zero-order valence-corrected chi connectivity index (χ0v) is 9.54. The Balaban J connectivity index is 2.15. The number of hydrogen-bond acceptors (Lipinski definition) is 3. The Kier molecular flexibility index (Phi) is 3.28. The average molecular weight is 208 g/mol. The lowest BCUT2D eigenvalue weighted by molar-refractivity contribution is -0.0332. The first-order valence-electron chi connectivity index (χ1n) is 6.03. The average Bonchev–Trinajstić information content (AvgIpc) is 2.31. The minimum atomic E-state index is -0.192. The number of morpholine rings is 1. The summed E-state index contributed by atoms with van der Waals surface area (Å²) < 4.78 is 5.36. The lowest BCUT2D eigenvalue weighted by Gasteiger charge is -2.47. The van der Waals surface area contributed by atoms with E-state index in [9.17, 15) is 5.26 Å². The third-order valence-corrected chi connectivity index (χ3v) is 4.03. The van der Waals surface area contributed by atoms with E-state index in [0.29, 0.717) is 5.92 Å². The van der Waals surface area contributed by atoms with Crippen molar-refractivity contribution in [1.29, 1.82) is 5.26 Å². The molecule has 1 heterocycles. The van der Waals surface area contributed by atoms with Gasteiger partial charge in [-0.2, -0.15) is 5.26 Å². The maximum atomic E-state index is 9.53. The first-order chi connectivity index (χ1) is 7.29. The van der Waals surface area contributed by atoms with Crippen LogP contribution < -0.4 is 0 Å². The second kappa shape index (κ2) is 4.51. The maximum absolute atomic E-state index is 9.53. The normalized spacial score (nSPS) is 38.5. The number of nitrogens with zero attached hydrogens (tertiary/aromatic N) is 2. The molecule has 0 aromatic rings. The van der Waals surface area contributed by atoms with E-state index in [1.807, 2.05) is 0 Å². The van der Waals surface area contributed by atoms with Gasteiger partial charge in [-0.1, -0.05) is 19.8 Å². The zero-order valence-electron chi connectivity index (χ0n) is 9.54. The molecule has 2 fully saturated rings. The number of hydrogen-bond donors (Lipinski definition) is 0. The fourth-order valence-electron chi connectivity index (χ4n) is 3.00. The second-order valence-corrected chi connectivity index (χ2v) is 4.78. The van der Waals surface area contributed by atoms with Crippen molar-refractivity contribution >= 4 is 0 Å². The van der Waals surface area contributed by atoms with Crippen LogP contribution in [0.3, 0.4) is 0 Å². The van der Waals surface area contributed by atoms with Gasteiger partial charge in [0.15, 0.2) is 0 Å². The van der Waals surface area contributed by atoms with Crippen molar-refractivity contribution in [3.63, 3.8) is 0 Å². The molecule has 2 atom stereocenters. The minimum Gasteiger partial charge on any atom is -0.379 e. The Morgan fingerprint density at radius 1 is 1.33 bits per heavy atom. The van der Waals surface area contributed by atoms with E-state index in [-0.39, 0.29) is 5.54 Å². The van der Waals surface area contributed by atoms with Gasteiger partial charge < -0.3 is 4.74 Å². The number of ether oxygens (including phenoxy) is 1. The molecule has 0 aromatic carbocycles. The van der Waals surface area contributed by atoms with E-state index in [1.165, 1.54) is 19.3 Å². The third kappa shape index (κ3) is 1.89. The van der Waals surface area contributed by atoms with Crippen LogP contribution in [0, 0.1) is 17.2 Å². The first-order valence-corrected chi connectivity index (χ1v) is 6.03. The molecule has 84 valence electrons.